The van der Waals surface area contributed by atoms with Gasteiger partial charge in [-0.3, -0.25) is 4.79 Å². The number of nitrogens with zero attached hydrogens (tertiary/aromatic N) is 1. The Morgan fingerprint density at radius 1 is 1.00 bits per heavy atom. The number of fused-ring (bicyclic) bond motifs is 1. The van der Waals surface area contributed by atoms with Gasteiger partial charge >= 0.3 is 0 Å². The van der Waals surface area contributed by atoms with Crippen molar-refractivity contribution in [3.05, 3.63) is 77.9 Å². The standard InChI is InChI=1S/C22H24N2O3S/c1-16-8-12-21(13-9-16)28(26,27)24(3)15-22(25)23-17(2)19-11-10-18-6-4-5-7-20(18)14-19/h4-14,17H,15H2,1-3H3,(H,23,25). The lowest BCUT2D eigenvalue weighted by molar-refractivity contribution is -0.121. The lowest BCUT2D eigenvalue weighted by atomic mass is 10.0. The van der Waals surface area contributed by atoms with Crippen molar-refractivity contribution in [1.29, 1.82) is 0 Å². The lowest BCUT2D eigenvalue weighted by Gasteiger charge is -2.20. The molecule has 0 aliphatic carbocycles. The van der Waals surface area contributed by atoms with Gasteiger partial charge in [0.1, 0.15) is 0 Å². The molecular formula is C22H24N2O3S. The normalized spacial score (nSPS) is 12.9. The van der Waals surface area contributed by atoms with Gasteiger partial charge in [0.2, 0.25) is 15.9 Å². The first-order valence-corrected chi connectivity index (χ1v) is 10.5. The average Bonchev–Trinajstić information content (AvgIpc) is 2.67. The second-order valence-corrected chi connectivity index (χ2v) is 9.01. The molecule has 5 nitrogen and oxygen atoms in total. The number of rotatable bonds is 6. The second kappa shape index (κ2) is 8.12. The molecule has 1 atom stereocenters. The van der Waals surface area contributed by atoms with E-state index in [1.807, 2.05) is 56.3 Å². The molecule has 0 saturated heterocycles. The first kappa shape index (κ1) is 20.0. The molecule has 3 aromatic carbocycles. The lowest BCUT2D eigenvalue weighted by Crippen LogP contribution is -2.39. The van der Waals surface area contributed by atoms with Crippen LogP contribution in [0, 0.1) is 6.92 Å². The van der Waals surface area contributed by atoms with Crippen LogP contribution < -0.4 is 5.32 Å². The number of aryl methyl sites for hydroxylation is 1. The maximum absolute atomic E-state index is 12.6. The highest BCUT2D eigenvalue weighted by Gasteiger charge is 2.23. The van der Waals surface area contributed by atoms with Crippen molar-refractivity contribution in [3.8, 4) is 0 Å². The van der Waals surface area contributed by atoms with Gasteiger partial charge in [0.25, 0.3) is 0 Å². The Labute approximate surface area is 166 Å². The summed E-state index contributed by atoms with van der Waals surface area (Å²) < 4.78 is 26.3. The average molecular weight is 397 g/mol. The van der Waals surface area contributed by atoms with E-state index >= 15 is 0 Å². The number of carbonyl (C=O) groups is 1. The number of amides is 1. The third-order valence-electron chi connectivity index (χ3n) is 4.75. The first-order chi connectivity index (χ1) is 13.3. The molecule has 0 bridgehead atoms. The number of benzene rings is 3. The molecule has 0 heterocycles. The summed E-state index contributed by atoms with van der Waals surface area (Å²) in [5.41, 5.74) is 1.94. The number of hydrogen-bond donors (Lipinski definition) is 1. The zero-order valence-corrected chi connectivity index (χ0v) is 17.0. The van der Waals surface area contributed by atoms with E-state index in [1.165, 1.54) is 7.05 Å². The summed E-state index contributed by atoms with van der Waals surface area (Å²) in [4.78, 5) is 12.6. The first-order valence-electron chi connectivity index (χ1n) is 9.08. The van der Waals surface area contributed by atoms with Gasteiger partial charge in [-0.05, 0) is 48.4 Å². The molecule has 1 N–H and O–H groups in total. The van der Waals surface area contributed by atoms with E-state index in [0.717, 1.165) is 26.2 Å². The van der Waals surface area contributed by atoms with Crippen LogP contribution in [0.25, 0.3) is 10.8 Å². The van der Waals surface area contributed by atoms with Crippen LogP contribution in [-0.4, -0.2) is 32.2 Å². The summed E-state index contributed by atoms with van der Waals surface area (Å²) in [5, 5.41) is 5.11. The van der Waals surface area contributed by atoms with Crippen LogP contribution in [0.3, 0.4) is 0 Å². The van der Waals surface area contributed by atoms with E-state index in [-0.39, 0.29) is 23.4 Å². The molecule has 0 aromatic heterocycles. The van der Waals surface area contributed by atoms with Gasteiger partial charge in [-0.15, -0.1) is 0 Å². The van der Waals surface area contributed by atoms with Crippen LogP contribution in [0.2, 0.25) is 0 Å². The topological polar surface area (TPSA) is 66.5 Å². The Bertz CT molecular complexity index is 1090. The van der Waals surface area contributed by atoms with Gasteiger partial charge < -0.3 is 5.32 Å². The fraction of sp³-hybridized carbons (Fsp3) is 0.227. The molecule has 1 amide bonds. The fourth-order valence-corrected chi connectivity index (χ4v) is 4.15. The molecule has 146 valence electrons. The van der Waals surface area contributed by atoms with Crippen LogP contribution in [0.5, 0.6) is 0 Å². The van der Waals surface area contributed by atoms with Crippen molar-refractivity contribution in [1.82, 2.24) is 9.62 Å². The minimum absolute atomic E-state index is 0.177. The molecule has 0 spiro atoms. The van der Waals surface area contributed by atoms with Gasteiger partial charge in [0, 0.05) is 7.05 Å². The second-order valence-electron chi connectivity index (χ2n) is 6.97. The SMILES string of the molecule is Cc1ccc(S(=O)(=O)N(C)CC(=O)NC(C)c2ccc3ccccc3c2)cc1. The van der Waals surface area contributed by atoms with Crippen LogP contribution >= 0.6 is 0 Å². The molecule has 3 rings (SSSR count). The minimum atomic E-state index is -3.71. The Morgan fingerprint density at radius 3 is 2.32 bits per heavy atom. The van der Waals surface area contributed by atoms with Crippen molar-refractivity contribution in [2.75, 3.05) is 13.6 Å². The van der Waals surface area contributed by atoms with Crippen LogP contribution in [0.4, 0.5) is 0 Å². The van der Waals surface area contributed by atoms with Gasteiger partial charge in [-0.25, -0.2) is 8.42 Å². The molecule has 0 saturated carbocycles. The summed E-state index contributed by atoms with van der Waals surface area (Å²) in [5.74, 6) is -0.348. The Kier molecular flexibility index (Phi) is 5.82. The van der Waals surface area contributed by atoms with Gasteiger partial charge in [0.05, 0.1) is 17.5 Å². The number of likely N-dealkylation sites (N-methyl/N-ethyl adjacent to an activating group) is 1. The third-order valence-corrected chi connectivity index (χ3v) is 6.56. The smallest absolute Gasteiger partial charge is 0.243 e. The Balaban J connectivity index is 1.67. The quantitative estimate of drug-likeness (QED) is 0.692. The highest BCUT2D eigenvalue weighted by atomic mass is 32.2. The predicted octanol–water partition coefficient (Wildman–Crippen LogP) is 3.65. The number of sulfonamides is 1. The summed E-state index contributed by atoms with van der Waals surface area (Å²) in [6.45, 7) is 3.53. The minimum Gasteiger partial charge on any atom is -0.348 e. The molecule has 3 aromatic rings. The zero-order chi connectivity index (χ0) is 20.3. The predicted molar refractivity (Wildman–Crippen MR) is 112 cm³/mol. The van der Waals surface area contributed by atoms with Crippen molar-refractivity contribution in [2.45, 2.75) is 24.8 Å². The molecule has 28 heavy (non-hydrogen) atoms. The van der Waals surface area contributed by atoms with E-state index in [0.29, 0.717) is 0 Å². The summed E-state index contributed by atoms with van der Waals surface area (Å²) >= 11 is 0. The monoisotopic (exact) mass is 396 g/mol. The van der Waals surface area contributed by atoms with Crippen molar-refractivity contribution < 1.29 is 13.2 Å². The van der Waals surface area contributed by atoms with Crippen molar-refractivity contribution in [2.24, 2.45) is 0 Å². The molecule has 0 fully saturated rings. The van der Waals surface area contributed by atoms with Crippen LogP contribution in [-0.2, 0) is 14.8 Å². The highest BCUT2D eigenvalue weighted by molar-refractivity contribution is 7.89. The maximum Gasteiger partial charge on any atom is 0.243 e. The highest BCUT2D eigenvalue weighted by Crippen LogP contribution is 2.20. The third kappa shape index (κ3) is 4.40. The number of carbonyl (C=O) groups excluding carboxylic acids is 1. The van der Waals surface area contributed by atoms with Crippen LogP contribution in [0.1, 0.15) is 24.1 Å². The molecular weight excluding hydrogens is 372 g/mol. The van der Waals surface area contributed by atoms with Crippen molar-refractivity contribution >= 4 is 26.7 Å². The molecule has 0 aliphatic rings. The van der Waals surface area contributed by atoms with E-state index in [2.05, 4.69) is 5.32 Å². The van der Waals surface area contributed by atoms with E-state index in [1.54, 1.807) is 24.3 Å². The van der Waals surface area contributed by atoms with E-state index in [4.69, 9.17) is 0 Å². The van der Waals surface area contributed by atoms with Gasteiger partial charge in [-0.2, -0.15) is 4.31 Å². The number of hydrogen-bond acceptors (Lipinski definition) is 3. The Morgan fingerprint density at radius 2 is 1.64 bits per heavy atom. The van der Waals surface area contributed by atoms with Gasteiger partial charge in [0.15, 0.2) is 0 Å². The molecule has 0 radical (unpaired) electrons. The molecule has 6 heteroatoms. The summed E-state index contributed by atoms with van der Waals surface area (Å²) in [6, 6.07) is 20.4. The Hall–Kier alpha value is -2.70. The van der Waals surface area contributed by atoms with E-state index in [9.17, 15) is 13.2 Å². The summed E-state index contributed by atoms with van der Waals surface area (Å²) in [6.07, 6.45) is 0. The van der Waals surface area contributed by atoms with Crippen molar-refractivity contribution in [3.63, 3.8) is 0 Å². The van der Waals surface area contributed by atoms with Gasteiger partial charge in [-0.1, -0.05) is 54.1 Å². The molecule has 1 unspecified atom stereocenters. The van der Waals surface area contributed by atoms with E-state index < -0.39 is 10.0 Å². The maximum atomic E-state index is 12.6. The zero-order valence-electron chi connectivity index (χ0n) is 16.2. The fourth-order valence-electron chi connectivity index (χ4n) is 3.02. The van der Waals surface area contributed by atoms with Crippen LogP contribution in [0.15, 0.2) is 71.6 Å². The summed E-state index contributed by atoms with van der Waals surface area (Å²) in [7, 11) is -2.30. The number of nitrogens with one attached hydrogen (secondary N) is 1. The largest absolute Gasteiger partial charge is 0.348 e. The molecule has 0 aliphatic heterocycles.